The van der Waals surface area contributed by atoms with E-state index >= 15 is 0 Å². The molecule has 1 amide bonds. The van der Waals surface area contributed by atoms with E-state index in [1.54, 1.807) is 21.1 Å². The molecule has 8 heteroatoms. The molecule has 29 heavy (non-hydrogen) atoms. The van der Waals surface area contributed by atoms with E-state index in [2.05, 4.69) is 21.3 Å². The number of aromatic nitrogens is 2. The van der Waals surface area contributed by atoms with E-state index in [-0.39, 0.29) is 11.3 Å². The number of carbonyl (C=O) groups is 1. The first-order valence-corrected chi connectivity index (χ1v) is 10.1. The van der Waals surface area contributed by atoms with Crippen LogP contribution in [-0.2, 0) is 6.54 Å². The van der Waals surface area contributed by atoms with Crippen LogP contribution in [-0.4, -0.2) is 66.4 Å². The molecule has 1 atom stereocenters. The number of ether oxygens (including phenoxy) is 2. The Hall–Kier alpha value is -2.61. The molecule has 4 rings (SSSR count). The Labute approximate surface area is 170 Å². The molecular weight excluding hydrogens is 372 g/mol. The van der Waals surface area contributed by atoms with Crippen LogP contribution in [0.2, 0.25) is 0 Å². The molecule has 0 radical (unpaired) electrons. The third-order valence-corrected chi connectivity index (χ3v) is 6.20. The molecule has 2 fully saturated rings. The van der Waals surface area contributed by atoms with Crippen molar-refractivity contribution in [2.75, 3.05) is 40.4 Å². The molecule has 0 N–H and O–H groups in total. The Morgan fingerprint density at radius 1 is 1.17 bits per heavy atom. The summed E-state index contributed by atoms with van der Waals surface area (Å²) in [5.74, 6) is 1.48. The van der Waals surface area contributed by atoms with Gasteiger partial charge in [0.05, 0.1) is 14.2 Å². The lowest BCUT2D eigenvalue weighted by molar-refractivity contribution is 0.0665. The maximum absolute atomic E-state index is 12.8. The maximum Gasteiger partial charge on any atom is 0.278 e. The number of aryl methyl sites for hydroxylation is 1. The van der Waals surface area contributed by atoms with Gasteiger partial charge in [0, 0.05) is 37.2 Å². The number of hydrogen-bond donors (Lipinski definition) is 0. The van der Waals surface area contributed by atoms with Gasteiger partial charge in [-0.3, -0.25) is 9.69 Å². The van der Waals surface area contributed by atoms with Crippen LogP contribution in [0, 0.1) is 12.3 Å². The molecule has 1 aromatic heterocycles. The summed E-state index contributed by atoms with van der Waals surface area (Å²) in [5.41, 5.74) is 2.13. The highest BCUT2D eigenvalue weighted by molar-refractivity contribution is 5.93. The van der Waals surface area contributed by atoms with E-state index in [9.17, 15) is 4.79 Å². The number of nitrogens with zero attached hydrogens (tertiary/aromatic N) is 4. The lowest BCUT2D eigenvalue weighted by Gasteiger charge is -2.40. The SMILES string of the molecule is COc1cccc(CN2CCC[C@@]3(CCN(C(=O)c4nonc4C)C3)C2)c1OC. The van der Waals surface area contributed by atoms with Gasteiger partial charge in [0.15, 0.2) is 17.2 Å². The van der Waals surface area contributed by atoms with Gasteiger partial charge in [-0.2, -0.15) is 0 Å². The largest absolute Gasteiger partial charge is 0.493 e. The number of benzene rings is 1. The highest BCUT2D eigenvalue weighted by atomic mass is 16.6. The average Bonchev–Trinajstić information content (AvgIpc) is 3.34. The first-order chi connectivity index (χ1) is 14.0. The molecule has 3 heterocycles. The average molecular weight is 400 g/mol. The van der Waals surface area contributed by atoms with Crippen LogP contribution in [0.4, 0.5) is 0 Å². The van der Waals surface area contributed by atoms with Gasteiger partial charge in [-0.1, -0.05) is 17.3 Å². The van der Waals surface area contributed by atoms with Crippen molar-refractivity contribution in [2.24, 2.45) is 5.41 Å². The van der Waals surface area contributed by atoms with Gasteiger partial charge in [-0.15, -0.1) is 0 Å². The van der Waals surface area contributed by atoms with Crippen LogP contribution >= 0.6 is 0 Å². The predicted octanol–water partition coefficient (Wildman–Crippen LogP) is 2.52. The van der Waals surface area contributed by atoms with Crippen molar-refractivity contribution in [3.8, 4) is 11.5 Å². The quantitative estimate of drug-likeness (QED) is 0.763. The third kappa shape index (κ3) is 3.81. The number of amides is 1. The van der Waals surface area contributed by atoms with Gasteiger partial charge >= 0.3 is 0 Å². The zero-order valence-corrected chi connectivity index (χ0v) is 17.3. The second kappa shape index (κ2) is 8.02. The molecule has 8 nitrogen and oxygen atoms in total. The number of methoxy groups -OCH3 is 2. The molecule has 1 spiro atoms. The zero-order valence-electron chi connectivity index (χ0n) is 17.3. The van der Waals surface area contributed by atoms with Crippen LogP contribution in [0.3, 0.4) is 0 Å². The fourth-order valence-electron chi connectivity index (χ4n) is 4.78. The van der Waals surface area contributed by atoms with Gasteiger partial charge in [-0.25, -0.2) is 4.63 Å². The molecule has 1 aromatic carbocycles. The molecule has 2 aliphatic heterocycles. The molecule has 0 unspecified atom stereocenters. The molecule has 2 aromatic rings. The standard InChI is InChI=1S/C21H28N4O4/c1-15-18(23-29-22-15)20(26)25-11-9-21(14-25)8-5-10-24(13-21)12-16-6-4-7-17(27-2)19(16)28-3/h4,6-7H,5,8-14H2,1-3H3/t21-/m1/s1. The topological polar surface area (TPSA) is 80.9 Å². The highest BCUT2D eigenvalue weighted by Gasteiger charge is 2.43. The van der Waals surface area contributed by atoms with Gasteiger partial charge < -0.3 is 14.4 Å². The number of rotatable bonds is 5. The van der Waals surface area contributed by atoms with Crippen LogP contribution in [0.25, 0.3) is 0 Å². The maximum atomic E-state index is 12.8. The van der Waals surface area contributed by atoms with E-state index in [0.717, 1.165) is 69.0 Å². The lowest BCUT2D eigenvalue weighted by atomic mass is 9.79. The van der Waals surface area contributed by atoms with E-state index in [1.807, 2.05) is 17.0 Å². The number of piperidine rings is 1. The van der Waals surface area contributed by atoms with Gasteiger partial charge in [0.25, 0.3) is 5.91 Å². The van der Waals surface area contributed by atoms with Crippen molar-refractivity contribution in [3.05, 3.63) is 35.2 Å². The molecule has 156 valence electrons. The summed E-state index contributed by atoms with van der Waals surface area (Å²) in [6.45, 7) is 6.07. The van der Waals surface area contributed by atoms with Crippen LogP contribution in [0.1, 0.15) is 41.0 Å². The predicted molar refractivity (Wildman–Crippen MR) is 106 cm³/mol. The first kappa shape index (κ1) is 19.7. The van der Waals surface area contributed by atoms with E-state index in [4.69, 9.17) is 14.1 Å². The molecular formula is C21H28N4O4. The number of hydrogen-bond acceptors (Lipinski definition) is 7. The van der Waals surface area contributed by atoms with Gasteiger partial charge in [0.1, 0.15) is 5.69 Å². The molecule has 0 bridgehead atoms. The van der Waals surface area contributed by atoms with Crippen LogP contribution < -0.4 is 9.47 Å². The summed E-state index contributed by atoms with van der Waals surface area (Å²) >= 11 is 0. The smallest absolute Gasteiger partial charge is 0.278 e. The monoisotopic (exact) mass is 400 g/mol. The van der Waals surface area contributed by atoms with Crippen molar-refractivity contribution < 1.29 is 18.9 Å². The van der Waals surface area contributed by atoms with E-state index in [0.29, 0.717) is 11.4 Å². The third-order valence-electron chi connectivity index (χ3n) is 6.20. The normalized spacial score (nSPS) is 22.2. The van der Waals surface area contributed by atoms with Crippen LogP contribution in [0.5, 0.6) is 11.5 Å². The van der Waals surface area contributed by atoms with Crippen molar-refractivity contribution >= 4 is 5.91 Å². The molecule has 0 saturated carbocycles. The summed E-state index contributed by atoms with van der Waals surface area (Å²) < 4.78 is 15.7. The Morgan fingerprint density at radius 2 is 2.03 bits per heavy atom. The van der Waals surface area contributed by atoms with Crippen molar-refractivity contribution in [3.63, 3.8) is 0 Å². The van der Waals surface area contributed by atoms with Crippen molar-refractivity contribution in [1.29, 1.82) is 0 Å². The summed E-state index contributed by atoms with van der Waals surface area (Å²) in [7, 11) is 3.34. The summed E-state index contributed by atoms with van der Waals surface area (Å²) in [4.78, 5) is 17.2. The van der Waals surface area contributed by atoms with Crippen molar-refractivity contribution in [2.45, 2.75) is 32.7 Å². The Balaban J connectivity index is 1.45. The fourth-order valence-corrected chi connectivity index (χ4v) is 4.78. The van der Waals surface area contributed by atoms with E-state index < -0.39 is 0 Å². The minimum Gasteiger partial charge on any atom is -0.493 e. The molecule has 0 aliphatic carbocycles. The molecule has 2 saturated heterocycles. The number of para-hydroxylation sites is 1. The lowest BCUT2D eigenvalue weighted by Crippen LogP contribution is -2.45. The summed E-state index contributed by atoms with van der Waals surface area (Å²) in [6.07, 6.45) is 3.27. The summed E-state index contributed by atoms with van der Waals surface area (Å²) in [5, 5.41) is 7.53. The Morgan fingerprint density at radius 3 is 2.76 bits per heavy atom. The zero-order chi connectivity index (χ0) is 20.4. The fraction of sp³-hybridized carbons (Fsp3) is 0.571. The van der Waals surface area contributed by atoms with Gasteiger partial charge in [0.2, 0.25) is 0 Å². The Bertz CT molecular complexity index is 883. The molecule has 2 aliphatic rings. The number of carbonyl (C=O) groups excluding carboxylic acids is 1. The first-order valence-electron chi connectivity index (χ1n) is 10.1. The Kier molecular flexibility index (Phi) is 5.45. The minimum absolute atomic E-state index is 0.0767. The van der Waals surface area contributed by atoms with Gasteiger partial charge in [-0.05, 0) is 44.0 Å². The van der Waals surface area contributed by atoms with E-state index in [1.165, 1.54) is 0 Å². The summed E-state index contributed by atoms with van der Waals surface area (Å²) in [6, 6.07) is 6.01. The number of likely N-dealkylation sites (tertiary alicyclic amines) is 2. The highest BCUT2D eigenvalue weighted by Crippen LogP contribution is 2.40. The van der Waals surface area contributed by atoms with Crippen molar-refractivity contribution in [1.82, 2.24) is 20.1 Å². The minimum atomic E-state index is -0.0767. The van der Waals surface area contributed by atoms with Crippen LogP contribution in [0.15, 0.2) is 22.8 Å². The second-order valence-electron chi connectivity index (χ2n) is 8.14. The second-order valence-corrected chi connectivity index (χ2v) is 8.14.